The number of aromatic nitrogens is 5. The third-order valence-electron chi connectivity index (χ3n) is 5.09. The Labute approximate surface area is 200 Å². The van der Waals surface area contributed by atoms with Crippen LogP contribution in [0.15, 0.2) is 59.5 Å². The monoisotopic (exact) mass is 484 g/mol. The fourth-order valence-electron chi connectivity index (χ4n) is 3.40. The van der Waals surface area contributed by atoms with Gasteiger partial charge in [0.05, 0.1) is 12.2 Å². The molecular formula is C23H22Cl2N6O2. The van der Waals surface area contributed by atoms with Gasteiger partial charge in [-0.1, -0.05) is 41.4 Å². The predicted octanol–water partition coefficient (Wildman–Crippen LogP) is 3.58. The van der Waals surface area contributed by atoms with Crippen molar-refractivity contribution in [2.24, 2.45) is 0 Å². The van der Waals surface area contributed by atoms with Crippen molar-refractivity contribution in [2.45, 2.75) is 26.4 Å². The topological polar surface area (TPSA) is 86.2 Å². The number of benzene rings is 1. The number of hydrogen-bond acceptors (Lipinski definition) is 4. The summed E-state index contributed by atoms with van der Waals surface area (Å²) in [6.45, 7) is 3.16. The van der Waals surface area contributed by atoms with Crippen molar-refractivity contribution in [1.82, 2.24) is 29.3 Å². The van der Waals surface area contributed by atoms with E-state index in [9.17, 15) is 9.59 Å². The summed E-state index contributed by atoms with van der Waals surface area (Å²) in [5.41, 5.74) is 2.83. The van der Waals surface area contributed by atoms with Crippen molar-refractivity contribution in [3.8, 4) is 0 Å². The SMILES string of the molecule is Cc1nn(Cc2ccc(Cl)cc2)c(Cl)c1/C=C/C(=O)NCCCn1nc2ccccn2c1=O. The molecule has 0 saturated heterocycles. The fourth-order valence-corrected chi connectivity index (χ4v) is 3.82. The molecule has 0 bridgehead atoms. The minimum absolute atomic E-state index is 0.197. The van der Waals surface area contributed by atoms with E-state index in [1.807, 2.05) is 37.3 Å². The normalized spacial score (nSPS) is 11.5. The molecule has 0 aliphatic rings. The quantitative estimate of drug-likeness (QED) is 0.306. The second-order valence-electron chi connectivity index (χ2n) is 7.49. The van der Waals surface area contributed by atoms with Crippen LogP contribution in [0.5, 0.6) is 0 Å². The zero-order chi connectivity index (χ0) is 23.4. The Morgan fingerprint density at radius 3 is 2.64 bits per heavy atom. The van der Waals surface area contributed by atoms with Crippen LogP contribution in [0.2, 0.25) is 10.2 Å². The van der Waals surface area contributed by atoms with Crippen LogP contribution < -0.4 is 11.0 Å². The molecule has 4 aromatic rings. The minimum Gasteiger partial charge on any atom is -0.352 e. The van der Waals surface area contributed by atoms with Crippen molar-refractivity contribution in [3.63, 3.8) is 0 Å². The first-order chi connectivity index (χ1) is 15.9. The number of nitrogens with one attached hydrogen (secondary N) is 1. The van der Waals surface area contributed by atoms with E-state index in [4.69, 9.17) is 23.2 Å². The summed E-state index contributed by atoms with van der Waals surface area (Å²) in [5, 5.41) is 12.7. The van der Waals surface area contributed by atoms with Gasteiger partial charge in [-0.05, 0) is 49.2 Å². The zero-order valence-electron chi connectivity index (χ0n) is 17.9. The zero-order valence-corrected chi connectivity index (χ0v) is 19.4. The van der Waals surface area contributed by atoms with E-state index in [2.05, 4.69) is 15.5 Å². The molecule has 1 amide bonds. The van der Waals surface area contributed by atoms with E-state index in [1.165, 1.54) is 15.2 Å². The largest absolute Gasteiger partial charge is 0.352 e. The Hall–Kier alpha value is -3.36. The van der Waals surface area contributed by atoms with E-state index < -0.39 is 0 Å². The summed E-state index contributed by atoms with van der Waals surface area (Å²) in [7, 11) is 0. The number of halogens is 2. The molecule has 0 spiro atoms. The molecule has 0 unspecified atom stereocenters. The van der Waals surface area contributed by atoms with Gasteiger partial charge in [-0.15, -0.1) is 5.10 Å². The molecule has 1 aromatic carbocycles. The maximum absolute atomic E-state index is 12.3. The van der Waals surface area contributed by atoms with E-state index >= 15 is 0 Å². The first-order valence-electron chi connectivity index (χ1n) is 10.4. The smallest absolute Gasteiger partial charge is 0.350 e. The second kappa shape index (κ2) is 10.1. The van der Waals surface area contributed by atoms with Crippen molar-refractivity contribution in [2.75, 3.05) is 6.54 Å². The van der Waals surface area contributed by atoms with Gasteiger partial charge in [0.2, 0.25) is 5.91 Å². The summed E-state index contributed by atoms with van der Waals surface area (Å²) >= 11 is 12.4. The number of aryl methyl sites for hydroxylation is 2. The van der Waals surface area contributed by atoms with Gasteiger partial charge in [0.15, 0.2) is 5.65 Å². The highest BCUT2D eigenvalue weighted by atomic mass is 35.5. The highest BCUT2D eigenvalue weighted by Crippen LogP contribution is 2.22. The predicted molar refractivity (Wildman–Crippen MR) is 129 cm³/mol. The van der Waals surface area contributed by atoms with Gasteiger partial charge < -0.3 is 5.32 Å². The molecule has 0 aliphatic heterocycles. The third kappa shape index (κ3) is 5.35. The average molecular weight is 485 g/mol. The molecular weight excluding hydrogens is 463 g/mol. The van der Waals surface area contributed by atoms with E-state index in [0.717, 1.165) is 11.3 Å². The molecule has 0 saturated carbocycles. The van der Waals surface area contributed by atoms with Crippen molar-refractivity contribution in [3.05, 3.63) is 92.2 Å². The fraction of sp³-hybridized carbons (Fsp3) is 0.217. The van der Waals surface area contributed by atoms with Gasteiger partial charge >= 0.3 is 5.69 Å². The molecule has 8 nitrogen and oxygen atoms in total. The van der Waals surface area contributed by atoms with E-state index in [0.29, 0.717) is 47.4 Å². The van der Waals surface area contributed by atoms with Gasteiger partial charge in [-0.3, -0.25) is 9.20 Å². The Morgan fingerprint density at radius 1 is 1.09 bits per heavy atom. The molecule has 0 fully saturated rings. The lowest BCUT2D eigenvalue weighted by molar-refractivity contribution is -0.116. The van der Waals surface area contributed by atoms with Crippen LogP contribution in [0.3, 0.4) is 0 Å². The van der Waals surface area contributed by atoms with Crippen molar-refractivity contribution < 1.29 is 4.79 Å². The van der Waals surface area contributed by atoms with Gasteiger partial charge in [-0.2, -0.15) is 5.10 Å². The van der Waals surface area contributed by atoms with Crippen LogP contribution in [0.1, 0.15) is 23.2 Å². The maximum atomic E-state index is 12.3. The van der Waals surface area contributed by atoms with Crippen molar-refractivity contribution in [1.29, 1.82) is 0 Å². The molecule has 10 heteroatoms. The number of hydrogen-bond donors (Lipinski definition) is 1. The van der Waals surface area contributed by atoms with Crippen LogP contribution >= 0.6 is 23.2 Å². The van der Waals surface area contributed by atoms with Gasteiger partial charge in [-0.25, -0.2) is 14.2 Å². The first-order valence-corrected chi connectivity index (χ1v) is 11.2. The van der Waals surface area contributed by atoms with Crippen LogP contribution in [0, 0.1) is 6.92 Å². The molecule has 1 N–H and O–H groups in total. The highest BCUT2D eigenvalue weighted by molar-refractivity contribution is 6.31. The maximum Gasteiger partial charge on any atom is 0.350 e. The molecule has 0 radical (unpaired) electrons. The number of carbonyl (C=O) groups is 1. The lowest BCUT2D eigenvalue weighted by Crippen LogP contribution is -2.26. The Morgan fingerprint density at radius 2 is 1.88 bits per heavy atom. The number of fused-ring (bicyclic) bond motifs is 1. The number of nitrogens with zero attached hydrogens (tertiary/aromatic N) is 5. The Balaban J connectivity index is 1.31. The number of pyridine rings is 1. The Kier molecular flexibility index (Phi) is 6.96. The van der Waals surface area contributed by atoms with E-state index in [1.54, 1.807) is 29.1 Å². The van der Waals surface area contributed by atoms with Gasteiger partial charge in [0, 0.05) is 35.9 Å². The van der Waals surface area contributed by atoms with Crippen molar-refractivity contribution >= 4 is 40.8 Å². The average Bonchev–Trinajstić information content (AvgIpc) is 3.27. The number of amides is 1. The minimum atomic E-state index is -0.252. The summed E-state index contributed by atoms with van der Waals surface area (Å²) in [6, 6.07) is 12.8. The molecule has 0 atom stereocenters. The lowest BCUT2D eigenvalue weighted by atomic mass is 10.2. The van der Waals surface area contributed by atoms with Gasteiger partial charge in [0.25, 0.3) is 0 Å². The summed E-state index contributed by atoms with van der Waals surface area (Å²) in [5.74, 6) is -0.252. The lowest BCUT2D eigenvalue weighted by Gasteiger charge is -2.04. The summed E-state index contributed by atoms with van der Waals surface area (Å²) in [4.78, 5) is 24.5. The van der Waals surface area contributed by atoms with Gasteiger partial charge in [0.1, 0.15) is 5.15 Å². The molecule has 0 aliphatic carbocycles. The van der Waals surface area contributed by atoms with E-state index in [-0.39, 0.29) is 11.6 Å². The molecule has 3 heterocycles. The van der Waals surface area contributed by atoms with Crippen LogP contribution in [0.25, 0.3) is 11.7 Å². The van der Waals surface area contributed by atoms with Crippen LogP contribution in [0.4, 0.5) is 0 Å². The van der Waals surface area contributed by atoms with Crippen LogP contribution in [-0.2, 0) is 17.9 Å². The standard InChI is InChI=1S/C23H22Cl2N6O2/c1-16-19(22(25)31(27-16)15-17-6-8-18(24)9-7-17)10-11-21(32)26-12-4-14-30-23(33)29-13-3-2-5-20(29)28-30/h2-3,5-11,13H,4,12,14-15H2,1H3,(H,26,32)/b11-10+. The molecule has 4 rings (SSSR count). The summed E-state index contributed by atoms with van der Waals surface area (Å²) < 4.78 is 4.57. The van der Waals surface area contributed by atoms with Crippen LogP contribution in [-0.4, -0.2) is 36.4 Å². The summed E-state index contributed by atoms with van der Waals surface area (Å²) in [6.07, 6.45) is 5.34. The Bertz CT molecular complexity index is 1370. The highest BCUT2D eigenvalue weighted by Gasteiger charge is 2.12. The third-order valence-corrected chi connectivity index (χ3v) is 5.74. The molecule has 33 heavy (non-hydrogen) atoms. The number of rotatable bonds is 8. The molecule has 170 valence electrons. The number of carbonyl (C=O) groups excluding carboxylic acids is 1. The second-order valence-corrected chi connectivity index (χ2v) is 8.28. The first kappa shape index (κ1) is 22.8. The molecule has 3 aromatic heterocycles.